The van der Waals surface area contributed by atoms with Gasteiger partial charge in [0.05, 0.1) is 19.2 Å². The van der Waals surface area contributed by atoms with Gasteiger partial charge in [-0.3, -0.25) is 0 Å². The minimum Gasteiger partial charge on any atom is -0.493 e. The molecule has 4 nitrogen and oxygen atoms in total. The number of benzene rings is 2. The lowest BCUT2D eigenvalue weighted by atomic mass is 10.0. The first kappa shape index (κ1) is 13.5. The van der Waals surface area contributed by atoms with Gasteiger partial charge >= 0.3 is 0 Å². The first-order valence-corrected chi connectivity index (χ1v) is 7.15. The van der Waals surface area contributed by atoms with Gasteiger partial charge in [0, 0.05) is 12.0 Å². The van der Waals surface area contributed by atoms with Crippen molar-refractivity contribution in [1.29, 1.82) is 0 Å². The van der Waals surface area contributed by atoms with Crippen molar-refractivity contribution >= 4 is 5.96 Å². The summed E-state index contributed by atoms with van der Waals surface area (Å²) < 4.78 is 5.64. The van der Waals surface area contributed by atoms with Crippen LogP contribution in [0.4, 0.5) is 0 Å². The molecule has 1 aliphatic heterocycles. The number of rotatable bonds is 3. The van der Waals surface area contributed by atoms with E-state index in [2.05, 4.69) is 16.4 Å². The second-order valence-electron chi connectivity index (χ2n) is 5.06. The molecule has 1 atom stereocenters. The Labute approximate surface area is 124 Å². The third-order valence-electron chi connectivity index (χ3n) is 3.56. The molecular weight excluding hydrogens is 262 g/mol. The molecule has 0 aromatic heterocycles. The van der Waals surface area contributed by atoms with E-state index in [1.54, 1.807) is 0 Å². The second kappa shape index (κ2) is 6.31. The van der Waals surface area contributed by atoms with Crippen LogP contribution in [0.25, 0.3) is 0 Å². The van der Waals surface area contributed by atoms with Crippen molar-refractivity contribution in [2.24, 2.45) is 10.7 Å². The molecule has 1 heterocycles. The summed E-state index contributed by atoms with van der Waals surface area (Å²) in [5, 5.41) is 3.29. The van der Waals surface area contributed by atoms with Crippen molar-refractivity contribution in [1.82, 2.24) is 5.32 Å². The predicted octanol–water partition coefficient (Wildman–Crippen LogP) is 2.61. The molecule has 0 spiro atoms. The summed E-state index contributed by atoms with van der Waals surface area (Å²) in [4.78, 5) is 4.40. The Morgan fingerprint density at radius 2 is 1.90 bits per heavy atom. The van der Waals surface area contributed by atoms with Gasteiger partial charge in [0.25, 0.3) is 0 Å². The highest BCUT2D eigenvalue weighted by molar-refractivity contribution is 5.78. The summed E-state index contributed by atoms with van der Waals surface area (Å²) >= 11 is 0. The Hall–Kier alpha value is -2.49. The number of nitrogens with two attached hydrogens (primary N) is 1. The van der Waals surface area contributed by atoms with E-state index in [1.807, 2.05) is 48.5 Å². The van der Waals surface area contributed by atoms with Gasteiger partial charge < -0.3 is 15.8 Å². The number of fused-ring (bicyclic) bond motifs is 1. The Bertz CT molecular complexity index is 625. The molecule has 0 aliphatic carbocycles. The van der Waals surface area contributed by atoms with Crippen LogP contribution < -0.4 is 15.8 Å². The Morgan fingerprint density at radius 3 is 2.76 bits per heavy atom. The highest BCUT2D eigenvalue weighted by Gasteiger charge is 2.21. The van der Waals surface area contributed by atoms with Gasteiger partial charge in [-0.1, -0.05) is 48.5 Å². The molecule has 108 valence electrons. The number of hydrogen-bond acceptors (Lipinski definition) is 2. The lowest BCUT2D eigenvalue weighted by Gasteiger charge is -2.26. The van der Waals surface area contributed by atoms with Crippen molar-refractivity contribution in [2.75, 3.05) is 6.61 Å². The van der Waals surface area contributed by atoms with E-state index in [0.717, 1.165) is 23.3 Å². The van der Waals surface area contributed by atoms with Crippen LogP contribution in [-0.4, -0.2) is 12.6 Å². The summed E-state index contributed by atoms with van der Waals surface area (Å²) in [5.41, 5.74) is 8.30. The number of ether oxygens (including phenoxy) is 1. The fourth-order valence-corrected chi connectivity index (χ4v) is 2.48. The van der Waals surface area contributed by atoms with E-state index in [9.17, 15) is 0 Å². The van der Waals surface area contributed by atoms with Crippen LogP contribution >= 0.6 is 0 Å². The standard InChI is InChI=1S/C17H19N3O/c18-17(19-12-13-6-2-1-3-7-13)20-15-10-11-21-16-9-5-4-8-14(15)16/h1-9,15H,10-12H2,(H3,18,19,20). The van der Waals surface area contributed by atoms with Crippen molar-refractivity contribution in [3.05, 3.63) is 65.7 Å². The van der Waals surface area contributed by atoms with E-state index in [0.29, 0.717) is 19.1 Å². The lowest BCUT2D eigenvalue weighted by molar-refractivity contribution is 0.262. The van der Waals surface area contributed by atoms with Gasteiger partial charge in [-0.15, -0.1) is 0 Å². The zero-order chi connectivity index (χ0) is 14.5. The Morgan fingerprint density at radius 1 is 1.14 bits per heavy atom. The summed E-state index contributed by atoms with van der Waals surface area (Å²) in [6.45, 7) is 1.28. The van der Waals surface area contributed by atoms with Gasteiger partial charge in [-0.2, -0.15) is 0 Å². The highest BCUT2D eigenvalue weighted by atomic mass is 16.5. The molecule has 0 saturated heterocycles. The van der Waals surface area contributed by atoms with Gasteiger partial charge in [0.1, 0.15) is 5.75 Å². The molecular formula is C17H19N3O. The van der Waals surface area contributed by atoms with E-state index < -0.39 is 0 Å². The van der Waals surface area contributed by atoms with Gasteiger partial charge in [-0.25, -0.2) is 4.99 Å². The maximum absolute atomic E-state index is 6.01. The van der Waals surface area contributed by atoms with E-state index in [-0.39, 0.29) is 6.04 Å². The fraction of sp³-hybridized carbons (Fsp3) is 0.235. The molecule has 21 heavy (non-hydrogen) atoms. The largest absolute Gasteiger partial charge is 0.493 e. The van der Waals surface area contributed by atoms with Crippen LogP contribution in [-0.2, 0) is 6.54 Å². The SMILES string of the molecule is NC(=NCc1ccccc1)NC1CCOc2ccccc21. The number of aliphatic imine (C=N–C) groups is 1. The zero-order valence-electron chi connectivity index (χ0n) is 11.8. The molecule has 0 bridgehead atoms. The van der Waals surface area contributed by atoms with Crippen LogP contribution in [0, 0.1) is 0 Å². The third-order valence-corrected chi connectivity index (χ3v) is 3.56. The van der Waals surface area contributed by atoms with E-state index in [1.165, 1.54) is 0 Å². The Balaban J connectivity index is 1.67. The van der Waals surface area contributed by atoms with Crippen molar-refractivity contribution in [3.63, 3.8) is 0 Å². The van der Waals surface area contributed by atoms with E-state index >= 15 is 0 Å². The molecule has 3 N–H and O–H groups in total. The number of guanidine groups is 1. The number of nitrogens with one attached hydrogen (secondary N) is 1. The fourth-order valence-electron chi connectivity index (χ4n) is 2.48. The average Bonchev–Trinajstić information content (AvgIpc) is 2.54. The normalized spacial score (nSPS) is 17.7. The third kappa shape index (κ3) is 3.34. The predicted molar refractivity (Wildman–Crippen MR) is 84.2 cm³/mol. The molecule has 3 rings (SSSR count). The minimum atomic E-state index is 0.162. The molecule has 4 heteroatoms. The number of nitrogens with zero attached hydrogens (tertiary/aromatic N) is 1. The molecule has 1 aliphatic rings. The van der Waals surface area contributed by atoms with Gasteiger partial charge in [0.15, 0.2) is 5.96 Å². The van der Waals surface area contributed by atoms with Crippen LogP contribution in [0.1, 0.15) is 23.6 Å². The molecule has 2 aromatic rings. The highest BCUT2D eigenvalue weighted by Crippen LogP contribution is 2.31. The molecule has 0 amide bonds. The van der Waals surface area contributed by atoms with Crippen LogP contribution in [0.2, 0.25) is 0 Å². The molecule has 0 fully saturated rings. The summed E-state index contributed by atoms with van der Waals surface area (Å²) in [5.74, 6) is 1.40. The lowest BCUT2D eigenvalue weighted by Crippen LogP contribution is -2.37. The van der Waals surface area contributed by atoms with Gasteiger partial charge in [-0.05, 0) is 11.6 Å². The molecule has 0 saturated carbocycles. The van der Waals surface area contributed by atoms with Crippen LogP contribution in [0.5, 0.6) is 5.75 Å². The quantitative estimate of drug-likeness (QED) is 0.671. The zero-order valence-corrected chi connectivity index (χ0v) is 11.8. The molecule has 1 unspecified atom stereocenters. The van der Waals surface area contributed by atoms with Crippen molar-refractivity contribution in [2.45, 2.75) is 19.0 Å². The summed E-state index contributed by atoms with van der Waals surface area (Å²) in [6.07, 6.45) is 0.887. The smallest absolute Gasteiger partial charge is 0.189 e. The van der Waals surface area contributed by atoms with E-state index in [4.69, 9.17) is 10.5 Å². The summed E-state index contributed by atoms with van der Waals surface area (Å²) in [7, 11) is 0. The maximum Gasteiger partial charge on any atom is 0.189 e. The molecule has 2 aromatic carbocycles. The van der Waals surface area contributed by atoms with Crippen LogP contribution in [0.3, 0.4) is 0 Å². The molecule has 0 radical (unpaired) electrons. The Kier molecular flexibility index (Phi) is 4.05. The van der Waals surface area contributed by atoms with Crippen LogP contribution in [0.15, 0.2) is 59.6 Å². The minimum absolute atomic E-state index is 0.162. The second-order valence-corrected chi connectivity index (χ2v) is 5.06. The maximum atomic E-state index is 6.01. The first-order valence-electron chi connectivity index (χ1n) is 7.15. The van der Waals surface area contributed by atoms with Crippen molar-refractivity contribution < 1.29 is 4.74 Å². The summed E-state index contributed by atoms with van der Waals surface area (Å²) in [6, 6.07) is 18.3. The first-order chi connectivity index (χ1) is 10.3. The monoisotopic (exact) mass is 281 g/mol. The van der Waals surface area contributed by atoms with Crippen molar-refractivity contribution in [3.8, 4) is 5.75 Å². The topological polar surface area (TPSA) is 59.6 Å². The average molecular weight is 281 g/mol. The number of para-hydroxylation sites is 1. The van der Waals surface area contributed by atoms with Gasteiger partial charge in [0.2, 0.25) is 0 Å². The number of hydrogen-bond donors (Lipinski definition) is 2.